The predicted octanol–water partition coefficient (Wildman–Crippen LogP) is 3.54. The van der Waals surface area contributed by atoms with Gasteiger partial charge in [0.15, 0.2) is 0 Å². The van der Waals surface area contributed by atoms with E-state index in [0.717, 1.165) is 47.7 Å². The van der Waals surface area contributed by atoms with Gasteiger partial charge in [0.2, 0.25) is 0 Å². The highest BCUT2D eigenvalue weighted by Crippen LogP contribution is 2.26. The van der Waals surface area contributed by atoms with Crippen LogP contribution in [0.1, 0.15) is 36.2 Å². The van der Waals surface area contributed by atoms with Gasteiger partial charge < -0.3 is 9.88 Å². The lowest BCUT2D eigenvalue weighted by Gasteiger charge is -2.28. The molecule has 7 nitrogen and oxygen atoms in total. The Morgan fingerprint density at radius 3 is 3.00 bits per heavy atom. The van der Waals surface area contributed by atoms with E-state index in [1.807, 2.05) is 41.9 Å². The van der Waals surface area contributed by atoms with Crippen molar-refractivity contribution in [2.75, 3.05) is 16.8 Å². The van der Waals surface area contributed by atoms with E-state index in [2.05, 4.69) is 33.5 Å². The lowest BCUT2D eigenvalue weighted by molar-refractivity contribution is 0.256. The molecule has 7 heteroatoms. The second kappa shape index (κ2) is 7.80. The lowest BCUT2D eigenvalue weighted by atomic mass is 9.97. The monoisotopic (exact) mass is 376 g/mol. The fraction of sp³-hybridized carbons (Fsp3) is 0.333. The molecular formula is C21H24N6O. The van der Waals surface area contributed by atoms with Crippen molar-refractivity contribution < 1.29 is 4.79 Å². The fourth-order valence-electron chi connectivity index (χ4n) is 3.60. The van der Waals surface area contributed by atoms with Crippen LogP contribution in [0.15, 0.2) is 48.9 Å². The average molecular weight is 376 g/mol. The van der Waals surface area contributed by atoms with Gasteiger partial charge in [-0.25, -0.2) is 9.78 Å². The molecule has 2 aromatic heterocycles. The highest BCUT2D eigenvalue weighted by Gasteiger charge is 2.23. The van der Waals surface area contributed by atoms with Crippen LogP contribution in [-0.4, -0.2) is 32.3 Å². The molecule has 0 fully saturated rings. The Morgan fingerprint density at radius 2 is 2.18 bits per heavy atom. The molecule has 1 atom stereocenters. The molecule has 1 N–H and O–H groups in total. The third-order valence-corrected chi connectivity index (χ3v) is 5.20. The Kier molecular flexibility index (Phi) is 5.06. The fourth-order valence-corrected chi connectivity index (χ4v) is 3.60. The topological polar surface area (TPSA) is 75.9 Å². The summed E-state index contributed by atoms with van der Waals surface area (Å²) >= 11 is 0. The Balaban J connectivity index is 1.48. The summed E-state index contributed by atoms with van der Waals surface area (Å²) in [5.41, 5.74) is 3.06. The number of carbonyl (C=O) groups excluding carboxylic acids is 1. The van der Waals surface area contributed by atoms with Crippen molar-refractivity contribution >= 4 is 17.5 Å². The van der Waals surface area contributed by atoms with Crippen LogP contribution in [0.5, 0.6) is 0 Å². The SMILES string of the molecule is C[C@H](Cc1nncn1C)c1cccc(NC(=O)N2CCCc3cccnc32)c1. The van der Waals surface area contributed by atoms with E-state index in [0.29, 0.717) is 6.54 Å². The molecule has 1 aliphatic heterocycles. The maximum atomic E-state index is 12.9. The molecule has 1 aliphatic rings. The van der Waals surface area contributed by atoms with Crippen LogP contribution in [0, 0.1) is 0 Å². The largest absolute Gasteiger partial charge is 0.327 e. The number of aryl methyl sites for hydroxylation is 2. The van der Waals surface area contributed by atoms with Crippen LogP contribution in [0.25, 0.3) is 0 Å². The molecule has 3 aromatic rings. The number of pyridine rings is 1. The zero-order valence-corrected chi connectivity index (χ0v) is 16.2. The summed E-state index contributed by atoms with van der Waals surface area (Å²) in [6.07, 6.45) is 6.14. The van der Waals surface area contributed by atoms with E-state index in [1.54, 1.807) is 17.4 Å². The Bertz CT molecular complexity index is 982. The van der Waals surface area contributed by atoms with Gasteiger partial charge >= 0.3 is 6.03 Å². The molecule has 3 heterocycles. The minimum atomic E-state index is -0.141. The number of amides is 2. The summed E-state index contributed by atoms with van der Waals surface area (Å²) in [6, 6.07) is 11.8. The second-order valence-corrected chi connectivity index (χ2v) is 7.26. The first-order valence-corrected chi connectivity index (χ1v) is 9.57. The summed E-state index contributed by atoms with van der Waals surface area (Å²) in [5, 5.41) is 11.1. The van der Waals surface area contributed by atoms with Crippen LogP contribution in [0.4, 0.5) is 16.3 Å². The molecular weight excluding hydrogens is 352 g/mol. The standard InChI is InChI=1S/C21H24N6O/c1-15(12-19-25-23-14-26(19)2)17-6-3-9-18(13-17)24-21(28)27-11-5-8-16-7-4-10-22-20(16)27/h3-4,6-7,9-10,13-15H,5,8,11-12H2,1-2H3,(H,24,28)/t15-/m1/s1. The van der Waals surface area contributed by atoms with Gasteiger partial charge in [0.05, 0.1) is 0 Å². The molecule has 144 valence electrons. The number of aromatic nitrogens is 4. The molecule has 0 spiro atoms. The first-order valence-electron chi connectivity index (χ1n) is 9.57. The molecule has 28 heavy (non-hydrogen) atoms. The first-order chi connectivity index (χ1) is 13.6. The number of hydrogen-bond acceptors (Lipinski definition) is 4. The molecule has 4 rings (SSSR count). The minimum Gasteiger partial charge on any atom is -0.321 e. The van der Waals surface area contributed by atoms with Crippen molar-refractivity contribution in [2.45, 2.75) is 32.1 Å². The summed E-state index contributed by atoms with van der Waals surface area (Å²) < 4.78 is 1.93. The van der Waals surface area contributed by atoms with Crippen LogP contribution < -0.4 is 10.2 Å². The van der Waals surface area contributed by atoms with E-state index in [4.69, 9.17) is 0 Å². The average Bonchev–Trinajstić information content (AvgIpc) is 3.12. The van der Waals surface area contributed by atoms with Crippen molar-refractivity contribution in [3.8, 4) is 0 Å². The molecule has 0 saturated carbocycles. The number of nitrogens with one attached hydrogen (secondary N) is 1. The van der Waals surface area contributed by atoms with Gasteiger partial charge in [0.25, 0.3) is 0 Å². The van der Waals surface area contributed by atoms with Crippen LogP contribution in [-0.2, 0) is 19.9 Å². The summed E-state index contributed by atoms with van der Waals surface area (Å²) in [6.45, 7) is 2.83. The lowest BCUT2D eigenvalue weighted by Crippen LogP contribution is -2.39. The van der Waals surface area contributed by atoms with Crippen molar-refractivity contribution in [1.82, 2.24) is 19.7 Å². The molecule has 0 saturated heterocycles. The summed E-state index contributed by atoms with van der Waals surface area (Å²) in [4.78, 5) is 19.0. The van der Waals surface area contributed by atoms with E-state index in [-0.39, 0.29) is 11.9 Å². The highest BCUT2D eigenvalue weighted by atomic mass is 16.2. The van der Waals surface area contributed by atoms with Crippen molar-refractivity contribution in [2.24, 2.45) is 7.05 Å². The Morgan fingerprint density at radius 1 is 1.29 bits per heavy atom. The van der Waals surface area contributed by atoms with Gasteiger partial charge in [-0.3, -0.25) is 4.90 Å². The summed E-state index contributed by atoms with van der Waals surface area (Å²) in [7, 11) is 1.95. The van der Waals surface area contributed by atoms with E-state index >= 15 is 0 Å². The van der Waals surface area contributed by atoms with Crippen LogP contribution in [0.3, 0.4) is 0 Å². The number of anilines is 2. The number of rotatable bonds is 4. The van der Waals surface area contributed by atoms with E-state index in [1.165, 1.54) is 0 Å². The number of fused-ring (bicyclic) bond motifs is 1. The van der Waals surface area contributed by atoms with Crippen LogP contribution >= 0.6 is 0 Å². The van der Waals surface area contributed by atoms with Crippen molar-refractivity contribution in [1.29, 1.82) is 0 Å². The zero-order valence-electron chi connectivity index (χ0n) is 16.2. The number of urea groups is 1. The minimum absolute atomic E-state index is 0.141. The molecule has 1 aromatic carbocycles. The van der Waals surface area contributed by atoms with Crippen LogP contribution in [0.2, 0.25) is 0 Å². The maximum absolute atomic E-state index is 12.9. The van der Waals surface area contributed by atoms with Gasteiger partial charge in [-0.2, -0.15) is 0 Å². The first kappa shape index (κ1) is 18.2. The number of hydrogen-bond donors (Lipinski definition) is 1. The Hall–Kier alpha value is -3.22. The van der Waals surface area contributed by atoms with Crippen molar-refractivity contribution in [3.05, 3.63) is 65.9 Å². The van der Waals surface area contributed by atoms with Gasteiger partial charge in [0.1, 0.15) is 18.0 Å². The van der Waals surface area contributed by atoms with Crippen molar-refractivity contribution in [3.63, 3.8) is 0 Å². The number of nitrogens with zero attached hydrogens (tertiary/aromatic N) is 5. The maximum Gasteiger partial charge on any atom is 0.327 e. The van der Waals surface area contributed by atoms with Gasteiger partial charge in [-0.15, -0.1) is 10.2 Å². The predicted molar refractivity (Wildman–Crippen MR) is 108 cm³/mol. The van der Waals surface area contributed by atoms with Gasteiger partial charge in [0, 0.05) is 31.9 Å². The normalized spacial score (nSPS) is 14.4. The molecule has 0 aliphatic carbocycles. The van der Waals surface area contributed by atoms with E-state index < -0.39 is 0 Å². The van der Waals surface area contributed by atoms with E-state index in [9.17, 15) is 4.79 Å². The second-order valence-electron chi connectivity index (χ2n) is 7.26. The Labute approximate surface area is 164 Å². The number of benzene rings is 1. The smallest absolute Gasteiger partial charge is 0.321 e. The summed E-state index contributed by atoms with van der Waals surface area (Å²) in [5.74, 6) is 1.97. The van der Waals surface area contributed by atoms with Gasteiger partial charge in [-0.05, 0) is 48.1 Å². The molecule has 0 bridgehead atoms. The zero-order chi connectivity index (χ0) is 19.5. The highest BCUT2D eigenvalue weighted by molar-refractivity contribution is 6.01. The van der Waals surface area contributed by atoms with Gasteiger partial charge in [-0.1, -0.05) is 25.1 Å². The molecule has 2 amide bonds. The molecule has 0 unspecified atom stereocenters. The third-order valence-electron chi connectivity index (χ3n) is 5.20. The quantitative estimate of drug-likeness (QED) is 0.756. The third kappa shape index (κ3) is 3.74. The molecule has 0 radical (unpaired) electrons. The number of carbonyl (C=O) groups is 1.